The Morgan fingerprint density at radius 2 is 1.69 bits per heavy atom. The average Bonchev–Trinajstić information content (AvgIpc) is 2.23. The number of carbonyl (C=O) groups is 1. The van der Waals surface area contributed by atoms with Crippen LogP contribution < -0.4 is 0 Å². The van der Waals surface area contributed by atoms with Gasteiger partial charge in [-0.15, -0.1) is 0 Å². The van der Waals surface area contributed by atoms with Gasteiger partial charge in [-0.3, -0.25) is 4.79 Å². The van der Waals surface area contributed by atoms with E-state index in [0.717, 1.165) is 25.2 Å². The maximum Gasteiger partial charge on any atom is 0.132 e. The van der Waals surface area contributed by atoms with Gasteiger partial charge in [0.2, 0.25) is 0 Å². The third-order valence-corrected chi connectivity index (χ3v) is 3.45. The van der Waals surface area contributed by atoms with Crippen LogP contribution in [0.3, 0.4) is 0 Å². The minimum absolute atomic E-state index is 0.325. The van der Waals surface area contributed by atoms with Crippen LogP contribution in [0, 0.1) is 11.8 Å². The molecule has 0 radical (unpaired) electrons. The number of unbranched alkanes of at least 4 members (excludes halogenated alkanes) is 3. The molecule has 0 aliphatic carbocycles. The highest BCUT2D eigenvalue weighted by molar-refractivity contribution is 5.78. The molecule has 0 aliphatic heterocycles. The van der Waals surface area contributed by atoms with E-state index in [9.17, 15) is 4.79 Å². The molecular formula is C15H30O. The fourth-order valence-electron chi connectivity index (χ4n) is 2.36. The van der Waals surface area contributed by atoms with E-state index < -0.39 is 0 Å². The molecule has 0 aromatic carbocycles. The van der Waals surface area contributed by atoms with Crippen LogP contribution in [0.2, 0.25) is 0 Å². The fourth-order valence-corrected chi connectivity index (χ4v) is 2.36. The summed E-state index contributed by atoms with van der Waals surface area (Å²) in [6, 6.07) is 0. The van der Waals surface area contributed by atoms with Crippen LogP contribution in [-0.4, -0.2) is 5.78 Å². The first-order valence-corrected chi connectivity index (χ1v) is 7.12. The van der Waals surface area contributed by atoms with Crippen LogP contribution in [0.4, 0.5) is 0 Å². The monoisotopic (exact) mass is 226 g/mol. The zero-order chi connectivity index (χ0) is 12.4. The number of hydrogen-bond acceptors (Lipinski definition) is 1. The normalized spacial score (nSPS) is 14.8. The third-order valence-electron chi connectivity index (χ3n) is 3.45. The van der Waals surface area contributed by atoms with E-state index in [2.05, 4.69) is 20.8 Å². The number of rotatable bonds is 10. The SMILES string of the molecule is CCCCCCC(C)CC(CCC)C(C)=O. The maximum absolute atomic E-state index is 11.4. The van der Waals surface area contributed by atoms with Crippen molar-refractivity contribution in [1.29, 1.82) is 0 Å². The van der Waals surface area contributed by atoms with Crippen LogP contribution in [0.25, 0.3) is 0 Å². The van der Waals surface area contributed by atoms with Crippen molar-refractivity contribution in [3.05, 3.63) is 0 Å². The summed E-state index contributed by atoms with van der Waals surface area (Å²) in [5.74, 6) is 1.44. The van der Waals surface area contributed by atoms with E-state index in [1.807, 2.05) is 0 Å². The first-order chi connectivity index (χ1) is 7.61. The molecule has 1 heteroatoms. The van der Waals surface area contributed by atoms with Gasteiger partial charge in [0.1, 0.15) is 5.78 Å². The van der Waals surface area contributed by atoms with Gasteiger partial charge in [0.05, 0.1) is 0 Å². The van der Waals surface area contributed by atoms with E-state index in [0.29, 0.717) is 11.7 Å². The maximum atomic E-state index is 11.4. The molecule has 0 saturated carbocycles. The van der Waals surface area contributed by atoms with Crippen molar-refractivity contribution in [2.24, 2.45) is 11.8 Å². The van der Waals surface area contributed by atoms with Crippen LogP contribution in [0.15, 0.2) is 0 Å². The van der Waals surface area contributed by atoms with Crippen molar-refractivity contribution < 1.29 is 4.79 Å². The lowest BCUT2D eigenvalue weighted by molar-refractivity contribution is -0.121. The van der Waals surface area contributed by atoms with Gasteiger partial charge in [-0.05, 0) is 25.7 Å². The molecule has 0 bridgehead atoms. The molecule has 0 aromatic rings. The summed E-state index contributed by atoms with van der Waals surface area (Å²) in [5.41, 5.74) is 0. The zero-order valence-corrected chi connectivity index (χ0v) is 11.7. The number of hydrogen-bond donors (Lipinski definition) is 0. The minimum Gasteiger partial charge on any atom is -0.300 e. The van der Waals surface area contributed by atoms with Crippen molar-refractivity contribution in [3.8, 4) is 0 Å². The molecule has 0 spiro atoms. The number of ketones is 1. The summed E-state index contributed by atoms with van der Waals surface area (Å²) >= 11 is 0. The van der Waals surface area contributed by atoms with Gasteiger partial charge in [0, 0.05) is 5.92 Å². The molecule has 0 aromatic heterocycles. The molecule has 2 atom stereocenters. The molecule has 0 heterocycles. The highest BCUT2D eigenvalue weighted by Crippen LogP contribution is 2.22. The molecule has 0 aliphatic rings. The van der Waals surface area contributed by atoms with Crippen molar-refractivity contribution >= 4 is 5.78 Å². The van der Waals surface area contributed by atoms with Gasteiger partial charge in [-0.25, -0.2) is 0 Å². The van der Waals surface area contributed by atoms with Crippen LogP contribution in [0.1, 0.15) is 79.1 Å². The Morgan fingerprint density at radius 3 is 2.19 bits per heavy atom. The predicted molar refractivity (Wildman–Crippen MR) is 71.6 cm³/mol. The quantitative estimate of drug-likeness (QED) is 0.480. The Kier molecular flexibility index (Phi) is 9.66. The second-order valence-electron chi connectivity index (χ2n) is 5.29. The molecule has 1 nitrogen and oxygen atoms in total. The molecule has 16 heavy (non-hydrogen) atoms. The van der Waals surface area contributed by atoms with Crippen molar-refractivity contribution in [1.82, 2.24) is 0 Å². The van der Waals surface area contributed by atoms with Crippen LogP contribution in [0.5, 0.6) is 0 Å². The Morgan fingerprint density at radius 1 is 1.00 bits per heavy atom. The average molecular weight is 226 g/mol. The standard InChI is InChI=1S/C15H30O/c1-5-7-8-9-11-13(3)12-15(10-6-2)14(4)16/h13,15H,5-12H2,1-4H3. The Hall–Kier alpha value is -0.330. The summed E-state index contributed by atoms with van der Waals surface area (Å²) in [7, 11) is 0. The highest BCUT2D eigenvalue weighted by Gasteiger charge is 2.16. The third kappa shape index (κ3) is 7.90. The zero-order valence-electron chi connectivity index (χ0n) is 11.7. The van der Waals surface area contributed by atoms with E-state index in [4.69, 9.17) is 0 Å². The first kappa shape index (κ1) is 15.7. The summed E-state index contributed by atoms with van der Waals surface area (Å²) < 4.78 is 0. The molecule has 0 amide bonds. The van der Waals surface area contributed by atoms with Crippen molar-refractivity contribution in [3.63, 3.8) is 0 Å². The molecule has 0 N–H and O–H groups in total. The molecule has 2 unspecified atom stereocenters. The molecule has 0 rings (SSSR count). The molecular weight excluding hydrogens is 196 g/mol. The lowest BCUT2D eigenvalue weighted by Gasteiger charge is -2.18. The summed E-state index contributed by atoms with van der Waals surface area (Å²) in [6.45, 7) is 8.47. The lowest BCUT2D eigenvalue weighted by atomic mass is 9.87. The van der Waals surface area contributed by atoms with E-state index >= 15 is 0 Å². The summed E-state index contributed by atoms with van der Waals surface area (Å²) in [4.78, 5) is 11.4. The second kappa shape index (κ2) is 9.86. The van der Waals surface area contributed by atoms with Gasteiger partial charge < -0.3 is 0 Å². The highest BCUT2D eigenvalue weighted by atomic mass is 16.1. The lowest BCUT2D eigenvalue weighted by Crippen LogP contribution is -2.14. The Bertz CT molecular complexity index is 174. The molecule has 96 valence electrons. The second-order valence-corrected chi connectivity index (χ2v) is 5.29. The predicted octanol–water partition coefficient (Wildman–Crippen LogP) is 4.99. The topological polar surface area (TPSA) is 17.1 Å². The fraction of sp³-hybridized carbons (Fsp3) is 0.933. The van der Waals surface area contributed by atoms with Crippen LogP contribution in [-0.2, 0) is 4.79 Å². The molecule has 0 fully saturated rings. The number of carbonyl (C=O) groups excluding carboxylic acids is 1. The van der Waals surface area contributed by atoms with E-state index in [1.165, 1.54) is 32.1 Å². The summed E-state index contributed by atoms with van der Waals surface area (Å²) in [5, 5.41) is 0. The largest absolute Gasteiger partial charge is 0.300 e. The van der Waals surface area contributed by atoms with Gasteiger partial charge >= 0.3 is 0 Å². The van der Waals surface area contributed by atoms with Crippen LogP contribution >= 0.6 is 0 Å². The minimum atomic E-state index is 0.325. The van der Waals surface area contributed by atoms with Crippen molar-refractivity contribution in [2.45, 2.75) is 79.1 Å². The van der Waals surface area contributed by atoms with Gasteiger partial charge in [0.15, 0.2) is 0 Å². The smallest absolute Gasteiger partial charge is 0.132 e. The Balaban J connectivity index is 3.72. The summed E-state index contributed by atoms with van der Waals surface area (Å²) in [6.07, 6.45) is 9.98. The molecule has 0 saturated heterocycles. The van der Waals surface area contributed by atoms with Gasteiger partial charge in [-0.1, -0.05) is 59.3 Å². The van der Waals surface area contributed by atoms with Gasteiger partial charge in [0.25, 0.3) is 0 Å². The Labute approximate surface area is 102 Å². The van der Waals surface area contributed by atoms with E-state index in [1.54, 1.807) is 6.92 Å². The van der Waals surface area contributed by atoms with Crippen molar-refractivity contribution in [2.75, 3.05) is 0 Å². The number of Topliss-reactive ketones (excluding diaryl/α,β-unsaturated/α-hetero) is 1. The van der Waals surface area contributed by atoms with E-state index in [-0.39, 0.29) is 0 Å². The van der Waals surface area contributed by atoms with Gasteiger partial charge in [-0.2, -0.15) is 0 Å². The first-order valence-electron chi connectivity index (χ1n) is 7.12.